The average Bonchev–Trinajstić information content (AvgIpc) is 2.98. The first-order valence-corrected chi connectivity index (χ1v) is 8.86. The fourth-order valence-corrected chi connectivity index (χ4v) is 4.35. The molecule has 4 rings (SSSR count). The summed E-state index contributed by atoms with van der Waals surface area (Å²) in [5.41, 5.74) is 1.11. The second kappa shape index (κ2) is 6.17. The monoisotopic (exact) mass is 365 g/mol. The Morgan fingerprint density at radius 3 is 2.59 bits per heavy atom. The van der Waals surface area contributed by atoms with Crippen molar-refractivity contribution in [1.82, 2.24) is 10.2 Å². The van der Waals surface area contributed by atoms with Crippen LogP contribution in [0.2, 0.25) is 0 Å². The Morgan fingerprint density at radius 2 is 2.04 bits per heavy atom. The van der Waals surface area contributed by atoms with Gasteiger partial charge in [0.1, 0.15) is 6.10 Å². The van der Waals surface area contributed by atoms with Crippen LogP contribution in [0.1, 0.15) is 12.5 Å². The zero-order valence-corrected chi connectivity index (χ0v) is 14.9. The minimum Gasteiger partial charge on any atom is -0.442 e. The fraction of sp³-hybridized carbons (Fsp3) is 0.474. The van der Waals surface area contributed by atoms with Gasteiger partial charge in [0.05, 0.1) is 24.9 Å². The van der Waals surface area contributed by atoms with E-state index in [0.717, 1.165) is 5.56 Å². The van der Waals surface area contributed by atoms with Crippen LogP contribution < -0.4 is 10.2 Å². The molecule has 2 heterocycles. The molecule has 0 spiro atoms. The number of ether oxygens (including phenoxy) is 1. The summed E-state index contributed by atoms with van der Waals surface area (Å²) in [6.45, 7) is 11.0. The number of likely N-dealkylation sites (tertiary alicyclic amines) is 1. The van der Waals surface area contributed by atoms with Gasteiger partial charge in [-0.15, -0.1) is 0 Å². The number of carbonyl (C=O) groups is 2. The lowest BCUT2D eigenvalue weighted by Gasteiger charge is -2.17. The van der Waals surface area contributed by atoms with Crippen LogP contribution >= 0.6 is 0 Å². The predicted molar refractivity (Wildman–Crippen MR) is 95.2 cm³/mol. The maximum Gasteiger partial charge on any atom is 0.414 e. The van der Waals surface area contributed by atoms with Gasteiger partial charge in [0.25, 0.3) is 5.54 Å². The lowest BCUT2D eigenvalue weighted by Crippen LogP contribution is -2.33. The molecule has 0 radical (unpaired) electrons. The van der Waals surface area contributed by atoms with Crippen molar-refractivity contribution in [2.75, 3.05) is 31.1 Å². The molecule has 8 nitrogen and oxygen atoms in total. The number of carbonyl (C=O) groups excluding carboxylic acids is 2. The highest BCUT2D eigenvalue weighted by Crippen LogP contribution is 2.64. The summed E-state index contributed by atoms with van der Waals surface area (Å²) in [7, 11) is 0. The normalized spacial score (nSPS) is 30.9. The molecule has 3 fully saturated rings. The summed E-state index contributed by atoms with van der Waals surface area (Å²) in [6.07, 6.45) is 1.34. The van der Waals surface area contributed by atoms with Gasteiger partial charge in [-0.05, 0) is 24.3 Å². The third-order valence-corrected chi connectivity index (χ3v) is 5.76. The predicted octanol–water partition coefficient (Wildman–Crippen LogP) is 1.31. The van der Waals surface area contributed by atoms with Gasteiger partial charge in [-0.3, -0.25) is 9.69 Å². The molecule has 1 aromatic carbocycles. The zero-order valence-electron chi connectivity index (χ0n) is 14.9. The van der Waals surface area contributed by atoms with E-state index in [9.17, 15) is 9.59 Å². The number of hydrogen-bond acceptors (Lipinski definition) is 5. The standard InChI is InChI=1S/C19H19N5O3/c1-12(25)22-7-15-8-24(18(26)27-15)14-5-3-13(4-6-14)19(21-2)16-9-23(11-20)10-17(16)19/h3-6,15-17H,7-10H2,1H3,(H,22,25)/t15-,16-,17+,19?/m0/s1. The molecule has 1 aromatic rings. The van der Waals surface area contributed by atoms with Gasteiger partial charge in [0, 0.05) is 31.3 Å². The number of amides is 2. The highest BCUT2D eigenvalue weighted by Gasteiger charge is 2.76. The summed E-state index contributed by atoms with van der Waals surface area (Å²) >= 11 is 0. The third kappa shape index (κ3) is 2.65. The van der Waals surface area contributed by atoms with Crippen molar-refractivity contribution < 1.29 is 14.3 Å². The lowest BCUT2D eigenvalue weighted by molar-refractivity contribution is -0.119. The molecule has 2 saturated heterocycles. The largest absolute Gasteiger partial charge is 0.442 e. The lowest BCUT2D eigenvalue weighted by atomic mass is 9.99. The Bertz CT molecular complexity index is 857. The van der Waals surface area contributed by atoms with E-state index in [1.807, 2.05) is 24.3 Å². The number of nitriles is 1. The maximum atomic E-state index is 12.1. The van der Waals surface area contributed by atoms with Crippen molar-refractivity contribution in [3.05, 3.63) is 41.2 Å². The molecule has 138 valence electrons. The zero-order chi connectivity index (χ0) is 19.2. The first-order valence-electron chi connectivity index (χ1n) is 8.86. The second-order valence-electron chi connectivity index (χ2n) is 7.26. The highest BCUT2D eigenvalue weighted by molar-refractivity contribution is 5.89. The van der Waals surface area contributed by atoms with Gasteiger partial charge in [0.15, 0.2) is 6.19 Å². The first kappa shape index (κ1) is 17.2. The summed E-state index contributed by atoms with van der Waals surface area (Å²) in [4.78, 5) is 30.3. The third-order valence-electron chi connectivity index (χ3n) is 5.76. The average molecular weight is 365 g/mol. The second-order valence-corrected chi connectivity index (χ2v) is 7.26. The van der Waals surface area contributed by atoms with Crippen molar-refractivity contribution >= 4 is 17.7 Å². The number of anilines is 1. The maximum absolute atomic E-state index is 12.1. The Balaban J connectivity index is 1.46. The summed E-state index contributed by atoms with van der Waals surface area (Å²) in [5, 5.41) is 11.7. The van der Waals surface area contributed by atoms with Crippen LogP contribution in [0.25, 0.3) is 4.85 Å². The van der Waals surface area contributed by atoms with E-state index in [1.54, 1.807) is 4.90 Å². The van der Waals surface area contributed by atoms with Gasteiger partial charge in [0.2, 0.25) is 5.91 Å². The molecule has 0 bridgehead atoms. The van der Waals surface area contributed by atoms with Crippen LogP contribution in [0.5, 0.6) is 0 Å². The van der Waals surface area contributed by atoms with Gasteiger partial charge in [-0.2, -0.15) is 5.26 Å². The van der Waals surface area contributed by atoms with Crippen molar-refractivity contribution in [1.29, 1.82) is 5.26 Å². The van der Waals surface area contributed by atoms with Crippen LogP contribution in [0.4, 0.5) is 10.5 Å². The molecule has 0 aromatic heterocycles. The molecule has 27 heavy (non-hydrogen) atoms. The topological polar surface area (TPSA) is 90.0 Å². The van der Waals surface area contributed by atoms with Crippen molar-refractivity contribution in [2.24, 2.45) is 11.8 Å². The Labute approximate surface area is 157 Å². The Hall–Kier alpha value is -3.26. The minimum absolute atomic E-state index is 0.164. The highest BCUT2D eigenvalue weighted by atomic mass is 16.6. The summed E-state index contributed by atoms with van der Waals surface area (Å²) < 4.78 is 5.28. The van der Waals surface area contributed by atoms with E-state index in [-0.39, 0.29) is 30.4 Å². The Morgan fingerprint density at radius 1 is 1.37 bits per heavy atom. The number of fused-ring (bicyclic) bond motifs is 1. The number of benzene rings is 1. The van der Waals surface area contributed by atoms with Gasteiger partial charge >= 0.3 is 6.09 Å². The van der Waals surface area contributed by atoms with Crippen LogP contribution in [-0.2, 0) is 15.1 Å². The molecule has 1 saturated carbocycles. The molecular formula is C19H19N5O3. The Kier molecular flexibility index (Phi) is 3.92. The van der Waals surface area contributed by atoms with E-state index in [4.69, 9.17) is 16.6 Å². The quantitative estimate of drug-likeness (QED) is 0.642. The molecule has 3 aliphatic rings. The molecule has 1 N–H and O–H groups in total. The van der Waals surface area contributed by atoms with Crippen LogP contribution in [0.15, 0.2) is 24.3 Å². The van der Waals surface area contributed by atoms with Crippen LogP contribution in [-0.4, -0.2) is 49.2 Å². The van der Waals surface area contributed by atoms with Crippen LogP contribution in [0, 0.1) is 29.9 Å². The van der Waals surface area contributed by atoms with Gasteiger partial charge in [-0.25, -0.2) is 11.4 Å². The van der Waals surface area contributed by atoms with Crippen molar-refractivity contribution in [3.8, 4) is 6.19 Å². The number of rotatable bonds is 4. The van der Waals surface area contributed by atoms with E-state index in [2.05, 4.69) is 16.4 Å². The van der Waals surface area contributed by atoms with Gasteiger partial charge < -0.3 is 19.8 Å². The number of cyclic esters (lactones) is 1. The smallest absolute Gasteiger partial charge is 0.414 e. The molecule has 2 amide bonds. The minimum atomic E-state index is -0.536. The molecule has 8 heteroatoms. The first-order chi connectivity index (χ1) is 13.0. The number of nitrogens with one attached hydrogen (secondary N) is 1. The number of piperidine rings is 1. The molecule has 2 aliphatic heterocycles. The van der Waals surface area contributed by atoms with Crippen molar-refractivity contribution in [3.63, 3.8) is 0 Å². The summed E-state index contributed by atoms with van der Waals surface area (Å²) in [6, 6.07) is 7.47. The summed E-state index contributed by atoms with van der Waals surface area (Å²) in [5.74, 6) is 0.224. The van der Waals surface area contributed by atoms with E-state index >= 15 is 0 Å². The van der Waals surface area contributed by atoms with E-state index in [0.29, 0.717) is 25.3 Å². The molecule has 4 atom stereocenters. The molecular weight excluding hydrogens is 346 g/mol. The SMILES string of the molecule is [C-]#[N+]C1(c2ccc(N3C[C@H](CNC(C)=O)OC3=O)cc2)[C@@H]2CN(C#N)C[C@@H]21. The molecule has 1 aliphatic carbocycles. The van der Waals surface area contributed by atoms with E-state index in [1.165, 1.54) is 11.8 Å². The fourth-order valence-electron chi connectivity index (χ4n) is 4.35. The van der Waals surface area contributed by atoms with Crippen LogP contribution in [0.3, 0.4) is 0 Å². The number of hydrogen-bond donors (Lipinski definition) is 1. The van der Waals surface area contributed by atoms with Gasteiger partial charge in [-0.1, -0.05) is 0 Å². The molecule has 1 unspecified atom stereocenters. The van der Waals surface area contributed by atoms with Crippen molar-refractivity contribution in [2.45, 2.75) is 18.6 Å². The number of nitrogens with zero attached hydrogens (tertiary/aromatic N) is 4. The van der Waals surface area contributed by atoms with E-state index < -0.39 is 11.6 Å².